The Hall–Kier alpha value is -1.42. The van der Waals surface area contributed by atoms with Gasteiger partial charge in [0.1, 0.15) is 11.3 Å². The summed E-state index contributed by atoms with van der Waals surface area (Å²) in [7, 11) is 9.75. The van der Waals surface area contributed by atoms with Crippen LogP contribution in [0.15, 0.2) is 83.6 Å². The normalized spacial score (nSPS) is 11.0. The molecular formula is C23H15BrCl3N3Pt. The molecular weight excluding hydrogens is 700 g/mol. The number of pyridine rings is 2. The third-order valence-corrected chi connectivity index (χ3v) is 5.81. The molecule has 0 saturated carbocycles. The van der Waals surface area contributed by atoms with E-state index in [1.807, 2.05) is 36.5 Å². The first kappa shape index (κ1) is 22.8. The number of hydrogen-bond donors (Lipinski definition) is 0. The van der Waals surface area contributed by atoms with Crippen molar-refractivity contribution in [2.75, 3.05) is 0 Å². The molecule has 8 heteroatoms. The van der Waals surface area contributed by atoms with E-state index in [0.717, 1.165) is 38.3 Å². The van der Waals surface area contributed by atoms with Crippen molar-refractivity contribution in [3.8, 4) is 22.6 Å². The van der Waals surface area contributed by atoms with Crippen molar-refractivity contribution in [3.63, 3.8) is 0 Å². The standard InChI is InChI=1S/C23H15BrClN3.2ClH.Pt/c24-19-13-17-6-2-1-5-16(17)12-18(19)23-22(20-7-3-4-9-26-20)27-21-11-15(14-25)8-10-28(21)23;;;/h1-13H,14H2;2*1H;/q;;;+2/p-2. The van der Waals surface area contributed by atoms with Gasteiger partial charge in [0, 0.05) is 28.3 Å². The number of aromatic nitrogens is 3. The van der Waals surface area contributed by atoms with Gasteiger partial charge in [-0.2, -0.15) is 0 Å². The Balaban J connectivity index is 0.000000730. The fraction of sp³-hybridized carbons (Fsp3) is 0.0435. The summed E-state index contributed by atoms with van der Waals surface area (Å²) < 4.78 is 3.13. The molecule has 0 saturated heterocycles. The summed E-state index contributed by atoms with van der Waals surface area (Å²) in [5, 5.41) is 2.37. The molecule has 2 aromatic carbocycles. The molecule has 0 aliphatic carbocycles. The van der Waals surface area contributed by atoms with Crippen LogP contribution in [-0.4, -0.2) is 14.4 Å². The van der Waals surface area contributed by atoms with Gasteiger partial charge in [-0.3, -0.25) is 9.38 Å². The Bertz CT molecular complexity index is 1340. The molecule has 0 unspecified atom stereocenters. The molecule has 0 aliphatic rings. The third-order valence-electron chi connectivity index (χ3n) is 4.84. The van der Waals surface area contributed by atoms with Crippen molar-refractivity contribution in [2.24, 2.45) is 0 Å². The summed E-state index contributed by atoms with van der Waals surface area (Å²) >= 11 is 9.35. The molecule has 3 nitrogen and oxygen atoms in total. The molecule has 0 N–H and O–H groups in total. The Morgan fingerprint density at radius 2 is 1.65 bits per heavy atom. The summed E-state index contributed by atoms with van der Waals surface area (Å²) in [5.74, 6) is 0.456. The van der Waals surface area contributed by atoms with Gasteiger partial charge in [0.2, 0.25) is 0 Å². The maximum atomic E-state index is 6.04. The summed E-state index contributed by atoms with van der Waals surface area (Å²) in [6.07, 6.45) is 3.83. The van der Waals surface area contributed by atoms with E-state index in [1.165, 1.54) is 10.8 Å². The molecule has 5 rings (SSSR count). The summed E-state index contributed by atoms with van der Waals surface area (Å²) in [6.45, 7) is 0. The average molecular weight is 715 g/mol. The molecule has 0 atom stereocenters. The number of fused-ring (bicyclic) bond motifs is 2. The molecule has 0 radical (unpaired) electrons. The van der Waals surface area contributed by atoms with Crippen molar-refractivity contribution < 1.29 is 16.5 Å². The van der Waals surface area contributed by atoms with Crippen molar-refractivity contribution in [1.29, 1.82) is 0 Å². The molecule has 31 heavy (non-hydrogen) atoms. The Labute approximate surface area is 209 Å². The van der Waals surface area contributed by atoms with Crippen molar-refractivity contribution in [2.45, 2.75) is 5.88 Å². The van der Waals surface area contributed by atoms with Crippen LogP contribution in [0.2, 0.25) is 0 Å². The number of hydrogen-bond acceptors (Lipinski definition) is 2. The molecule has 0 bridgehead atoms. The number of alkyl halides is 1. The second kappa shape index (κ2) is 10.5. The van der Waals surface area contributed by atoms with Crippen LogP contribution in [0, 0.1) is 0 Å². The predicted molar refractivity (Wildman–Crippen MR) is 130 cm³/mol. The summed E-state index contributed by atoms with van der Waals surface area (Å²) in [4.78, 5) is 9.46. The van der Waals surface area contributed by atoms with Gasteiger partial charge in [0.25, 0.3) is 0 Å². The van der Waals surface area contributed by atoms with Crippen LogP contribution in [0.3, 0.4) is 0 Å². The first-order chi connectivity index (χ1) is 15.2. The number of nitrogens with zero attached hydrogens (tertiary/aromatic N) is 3. The zero-order valence-electron chi connectivity index (χ0n) is 15.9. The molecule has 3 aromatic heterocycles. The Morgan fingerprint density at radius 1 is 0.935 bits per heavy atom. The minimum atomic E-state index is -0.472. The van der Waals surface area contributed by atoms with E-state index in [1.54, 1.807) is 6.20 Å². The summed E-state index contributed by atoms with van der Waals surface area (Å²) in [6, 6.07) is 22.6. The topological polar surface area (TPSA) is 30.2 Å². The zero-order valence-corrected chi connectivity index (χ0v) is 22.0. The van der Waals surface area contributed by atoms with Crippen LogP contribution in [0.25, 0.3) is 39.1 Å². The van der Waals surface area contributed by atoms with Crippen LogP contribution < -0.4 is 0 Å². The second-order valence-corrected chi connectivity index (χ2v) is 11.0. The fourth-order valence-corrected chi connectivity index (χ4v) is 4.22. The van der Waals surface area contributed by atoms with E-state index >= 15 is 0 Å². The molecule has 5 aromatic rings. The van der Waals surface area contributed by atoms with Crippen molar-refractivity contribution >= 4 is 62.8 Å². The SMILES string of the molecule is ClCc1ccn2c(-c3cc4ccccc4cc3Br)c(-c3ccccn3)nc2c1.[Cl][Pt][Cl]. The van der Waals surface area contributed by atoms with Gasteiger partial charge in [-0.25, -0.2) is 4.98 Å². The Kier molecular flexibility index (Phi) is 7.68. The van der Waals surface area contributed by atoms with E-state index in [9.17, 15) is 0 Å². The van der Waals surface area contributed by atoms with Gasteiger partial charge in [0.15, 0.2) is 0 Å². The molecule has 0 amide bonds. The zero-order chi connectivity index (χ0) is 21.8. The van der Waals surface area contributed by atoms with E-state index in [4.69, 9.17) is 35.4 Å². The van der Waals surface area contributed by atoms with Crippen LogP contribution >= 0.6 is 46.4 Å². The van der Waals surface area contributed by atoms with Crippen LogP contribution in [-0.2, 0) is 22.4 Å². The molecule has 160 valence electrons. The first-order valence-corrected chi connectivity index (χ1v) is 16.1. The van der Waals surface area contributed by atoms with E-state index in [0.29, 0.717) is 5.88 Å². The van der Waals surface area contributed by atoms with Crippen LogP contribution in [0.4, 0.5) is 0 Å². The van der Waals surface area contributed by atoms with Crippen LogP contribution in [0.5, 0.6) is 0 Å². The van der Waals surface area contributed by atoms with Gasteiger partial charge < -0.3 is 0 Å². The van der Waals surface area contributed by atoms with E-state index < -0.39 is 16.5 Å². The number of benzene rings is 2. The quantitative estimate of drug-likeness (QED) is 0.177. The van der Waals surface area contributed by atoms with Crippen molar-refractivity contribution in [3.05, 3.63) is 89.2 Å². The van der Waals surface area contributed by atoms with Gasteiger partial charge >= 0.3 is 35.3 Å². The third kappa shape index (κ3) is 4.84. The molecule has 0 fully saturated rings. The van der Waals surface area contributed by atoms with E-state index in [2.05, 4.69) is 61.7 Å². The molecule has 0 spiro atoms. The van der Waals surface area contributed by atoms with Gasteiger partial charge in [-0.05, 0) is 52.7 Å². The van der Waals surface area contributed by atoms with Crippen LogP contribution in [0.1, 0.15) is 5.56 Å². The number of rotatable bonds is 3. The second-order valence-electron chi connectivity index (χ2n) is 6.65. The average Bonchev–Trinajstić information content (AvgIpc) is 3.18. The van der Waals surface area contributed by atoms with E-state index in [-0.39, 0.29) is 0 Å². The van der Waals surface area contributed by atoms with Gasteiger partial charge in [0.05, 0.1) is 11.4 Å². The predicted octanol–water partition coefficient (Wildman–Crippen LogP) is 8.09. The first-order valence-electron chi connectivity index (χ1n) is 9.15. The number of halogens is 4. The Morgan fingerprint density at radius 3 is 2.32 bits per heavy atom. The monoisotopic (exact) mass is 712 g/mol. The van der Waals surface area contributed by atoms with Crippen molar-refractivity contribution in [1.82, 2.24) is 14.4 Å². The van der Waals surface area contributed by atoms with Gasteiger partial charge in [-0.15, -0.1) is 11.6 Å². The number of imidazole rings is 1. The summed E-state index contributed by atoms with van der Waals surface area (Å²) in [5.41, 5.74) is 5.67. The molecule has 0 aliphatic heterocycles. The van der Waals surface area contributed by atoms with Gasteiger partial charge in [-0.1, -0.05) is 46.3 Å². The fourth-order valence-electron chi connectivity index (χ4n) is 3.50. The minimum absolute atomic E-state index is 0.456. The maximum absolute atomic E-state index is 6.04. The molecule has 3 heterocycles.